The van der Waals surface area contributed by atoms with E-state index in [9.17, 15) is 0 Å². The maximum atomic E-state index is 4.26. The fourth-order valence-electron chi connectivity index (χ4n) is 2.65. The van der Waals surface area contributed by atoms with Gasteiger partial charge < -0.3 is 4.57 Å². The van der Waals surface area contributed by atoms with Gasteiger partial charge in [-0.15, -0.1) is 0 Å². The van der Waals surface area contributed by atoms with Crippen LogP contribution in [0.1, 0.15) is 5.56 Å². The fraction of sp³-hybridized carbons (Fsp3) is 0.0556. The molecule has 2 nitrogen and oxygen atoms in total. The number of rotatable bonds is 2. The summed E-state index contributed by atoms with van der Waals surface area (Å²) in [6.45, 7) is 2.12. The first-order chi connectivity index (χ1) is 10.3. The minimum atomic E-state index is 1.13. The van der Waals surface area contributed by atoms with Crippen molar-refractivity contribution in [1.82, 2.24) is 9.55 Å². The second-order valence-electron chi connectivity index (χ2n) is 5.13. The smallest absolute Gasteiger partial charge is 0.0668 e. The normalized spacial score (nSPS) is 11.1. The van der Waals surface area contributed by atoms with Crippen LogP contribution in [0.15, 0.2) is 65.7 Å². The van der Waals surface area contributed by atoms with Crippen molar-refractivity contribution in [3.8, 4) is 16.8 Å². The van der Waals surface area contributed by atoms with Gasteiger partial charge in [0.25, 0.3) is 0 Å². The molecule has 0 saturated heterocycles. The summed E-state index contributed by atoms with van der Waals surface area (Å²) in [6.07, 6.45) is 5.87. The zero-order chi connectivity index (χ0) is 14.2. The van der Waals surface area contributed by atoms with E-state index in [4.69, 9.17) is 0 Å². The quantitative estimate of drug-likeness (QED) is 0.504. The Morgan fingerprint density at radius 2 is 2.00 bits per heavy atom. The van der Waals surface area contributed by atoms with Gasteiger partial charge in [0.05, 0.1) is 17.4 Å². The van der Waals surface area contributed by atoms with E-state index in [1.165, 1.54) is 27.6 Å². The summed E-state index contributed by atoms with van der Waals surface area (Å²) in [7, 11) is 0. The van der Waals surface area contributed by atoms with Gasteiger partial charge in [-0.3, -0.25) is 4.98 Å². The van der Waals surface area contributed by atoms with Gasteiger partial charge in [0.1, 0.15) is 0 Å². The molecule has 0 N–H and O–H groups in total. The molecule has 4 rings (SSSR count). The highest BCUT2D eigenvalue weighted by Gasteiger charge is 2.07. The summed E-state index contributed by atoms with van der Waals surface area (Å²) < 4.78 is 2.22. The summed E-state index contributed by atoms with van der Waals surface area (Å²) in [5, 5.41) is 5.55. The Morgan fingerprint density at radius 3 is 2.81 bits per heavy atom. The lowest BCUT2D eigenvalue weighted by molar-refractivity contribution is 1.07. The van der Waals surface area contributed by atoms with Crippen LogP contribution in [0.2, 0.25) is 0 Å². The Balaban J connectivity index is 1.95. The van der Waals surface area contributed by atoms with E-state index in [2.05, 4.69) is 63.8 Å². The molecule has 3 heteroatoms. The van der Waals surface area contributed by atoms with Gasteiger partial charge in [-0.1, -0.05) is 12.1 Å². The molecule has 21 heavy (non-hydrogen) atoms. The molecule has 102 valence electrons. The molecule has 3 aromatic heterocycles. The molecule has 1 aromatic carbocycles. The van der Waals surface area contributed by atoms with Gasteiger partial charge in [0.2, 0.25) is 0 Å². The number of hydrogen-bond donors (Lipinski definition) is 0. The zero-order valence-electron chi connectivity index (χ0n) is 11.7. The lowest BCUT2D eigenvalue weighted by atomic mass is 10.1. The highest BCUT2D eigenvalue weighted by Crippen LogP contribution is 2.28. The Bertz CT molecular complexity index is 904. The first kappa shape index (κ1) is 12.4. The predicted molar refractivity (Wildman–Crippen MR) is 89.1 cm³/mol. The van der Waals surface area contributed by atoms with Gasteiger partial charge in [0, 0.05) is 12.4 Å². The molecule has 0 radical (unpaired) electrons. The SMILES string of the molecule is Cc1ccncc1-n1ccc2ccc(-c3ccsc3)cc21. The third-order valence-corrected chi connectivity index (χ3v) is 4.50. The Kier molecular flexibility index (Phi) is 2.86. The van der Waals surface area contributed by atoms with E-state index in [0.717, 1.165) is 5.69 Å². The lowest BCUT2D eigenvalue weighted by Crippen LogP contribution is -1.95. The molecule has 0 fully saturated rings. The lowest BCUT2D eigenvalue weighted by Gasteiger charge is -2.09. The van der Waals surface area contributed by atoms with Crippen LogP contribution < -0.4 is 0 Å². The number of pyridine rings is 1. The molecule has 4 aromatic rings. The number of aryl methyl sites for hydroxylation is 1. The van der Waals surface area contributed by atoms with Crippen molar-refractivity contribution >= 4 is 22.2 Å². The van der Waals surface area contributed by atoms with E-state index < -0.39 is 0 Å². The minimum absolute atomic E-state index is 1.13. The molecule has 0 spiro atoms. The van der Waals surface area contributed by atoms with Crippen LogP contribution in [-0.2, 0) is 0 Å². The molecule has 3 heterocycles. The monoisotopic (exact) mass is 290 g/mol. The average Bonchev–Trinajstić information content (AvgIpc) is 3.17. The van der Waals surface area contributed by atoms with Crippen LogP contribution >= 0.6 is 11.3 Å². The van der Waals surface area contributed by atoms with E-state index in [1.54, 1.807) is 11.3 Å². The van der Waals surface area contributed by atoms with Gasteiger partial charge in [-0.2, -0.15) is 11.3 Å². The van der Waals surface area contributed by atoms with E-state index in [-0.39, 0.29) is 0 Å². The van der Waals surface area contributed by atoms with Crippen molar-refractivity contribution in [2.75, 3.05) is 0 Å². The predicted octanol–water partition coefficient (Wildman–Crippen LogP) is 5.06. The van der Waals surface area contributed by atoms with Crippen LogP contribution in [0.25, 0.3) is 27.7 Å². The van der Waals surface area contributed by atoms with Crippen LogP contribution in [-0.4, -0.2) is 9.55 Å². The van der Waals surface area contributed by atoms with Crippen molar-refractivity contribution in [3.63, 3.8) is 0 Å². The van der Waals surface area contributed by atoms with Crippen LogP contribution in [0.5, 0.6) is 0 Å². The van der Waals surface area contributed by atoms with Crippen LogP contribution in [0.3, 0.4) is 0 Å². The third-order valence-electron chi connectivity index (χ3n) is 3.82. The number of fused-ring (bicyclic) bond motifs is 1. The third kappa shape index (κ3) is 2.06. The van der Waals surface area contributed by atoms with Crippen molar-refractivity contribution in [3.05, 3.63) is 71.3 Å². The molecule has 0 aliphatic rings. The van der Waals surface area contributed by atoms with Crippen molar-refractivity contribution in [2.24, 2.45) is 0 Å². The zero-order valence-corrected chi connectivity index (χ0v) is 12.5. The number of aromatic nitrogens is 2. The second-order valence-corrected chi connectivity index (χ2v) is 5.91. The highest BCUT2D eigenvalue weighted by molar-refractivity contribution is 7.08. The maximum Gasteiger partial charge on any atom is 0.0668 e. The summed E-state index contributed by atoms with van der Waals surface area (Å²) in [4.78, 5) is 4.26. The molecule has 0 aliphatic carbocycles. The molecule has 0 unspecified atom stereocenters. The summed E-state index contributed by atoms with van der Waals surface area (Å²) in [5.74, 6) is 0. The maximum absolute atomic E-state index is 4.26. The van der Waals surface area contributed by atoms with Gasteiger partial charge >= 0.3 is 0 Å². The molecule has 0 amide bonds. The molecular weight excluding hydrogens is 276 g/mol. The summed E-state index contributed by atoms with van der Waals surface area (Å²) in [5.41, 5.74) is 6.11. The first-order valence-electron chi connectivity index (χ1n) is 6.87. The largest absolute Gasteiger partial charge is 0.315 e. The Morgan fingerprint density at radius 1 is 1.05 bits per heavy atom. The van der Waals surface area contributed by atoms with Crippen LogP contribution in [0, 0.1) is 6.92 Å². The Hall–Kier alpha value is -2.39. The second kappa shape index (κ2) is 4.86. The fourth-order valence-corrected chi connectivity index (χ4v) is 3.32. The molecule has 0 atom stereocenters. The number of benzene rings is 1. The van der Waals surface area contributed by atoms with E-state index in [1.807, 2.05) is 18.5 Å². The van der Waals surface area contributed by atoms with Crippen molar-refractivity contribution in [2.45, 2.75) is 6.92 Å². The van der Waals surface area contributed by atoms with E-state index in [0.29, 0.717) is 0 Å². The first-order valence-corrected chi connectivity index (χ1v) is 7.82. The summed E-state index contributed by atoms with van der Waals surface area (Å²) in [6, 6.07) is 13.0. The van der Waals surface area contributed by atoms with Gasteiger partial charge in [0.15, 0.2) is 0 Å². The number of nitrogens with zero attached hydrogens (tertiary/aromatic N) is 2. The van der Waals surface area contributed by atoms with Gasteiger partial charge in [-0.05, 0) is 64.0 Å². The van der Waals surface area contributed by atoms with E-state index >= 15 is 0 Å². The number of hydrogen-bond acceptors (Lipinski definition) is 2. The van der Waals surface area contributed by atoms with Crippen molar-refractivity contribution in [1.29, 1.82) is 0 Å². The number of thiophene rings is 1. The summed E-state index contributed by atoms with van der Waals surface area (Å²) >= 11 is 1.73. The highest BCUT2D eigenvalue weighted by atomic mass is 32.1. The Labute approximate surface area is 127 Å². The minimum Gasteiger partial charge on any atom is -0.315 e. The topological polar surface area (TPSA) is 17.8 Å². The van der Waals surface area contributed by atoms with Crippen molar-refractivity contribution < 1.29 is 0 Å². The molecule has 0 bridgehead atoms. The molecular formula is C18H14N2S. The molecule has 0 aliphatic heterocycles. The molecule has 0 saturated carbocycles. The standard InChI is InChI=1S/C18H14N2S/c1-13-4-7-19-11-18(13)20-8-5-14-2-3-15(10-17(14)20)16-6-9-21-12-16/h2-12H,1H3. The van der Waals surface area contributed by atoms with Crippen LogP contribution in [0.4, 0.5) is 0 Å². The van der Waals surface area contributed by atoms with Gasteiger partial charge in [-0.25, -0.2) is 0 Å². The average molecular weight is 290 g/mol.